The second-order valence-corrected chi connectivity index (χ2v) is 7.51. The number of hydrogen-bond donors (Lipinski definition) is 2. The summed E-state index contributed by atoms with van der Waals surface area (Å²) in [6, 6.07) is 8.09. The van der Waals surface area contributed by atoms with E-state index in [0.29, 0.717) is 29.6 Å². The number of rotatable bonds is 2. The molecule has 0 aliphatic carbocycles. The molecule has 8 heteroatoms. The Morgan fingerprint density at radius 3 is 2.69 bits per heavy atom. The first kappa shape index (κ1) is 17.4. The molecule has 3 aromatic rings. The normalized spacial score (nSPS) is 19.0. The number of benzene rings is 1. The Morgan fingerprint density at radius 2 is 1.90 bits per heavy atom. The topological polar surface area (TPSA) is 104 Å². The van der Waals surface area contributed by atoms with Gasteiger partial charge in [-0.25, -0.2) is 0 Å². The molecule has 0 bridgehead atoms. The van der Waals surface area contributed by atoms with Gasteiger partial charge in [-0.05, 0) is 35.7 Å². The summed E-state index contributed by atoms with van der Waals surface area (Å²) in [6.07, 6.45) is 2.37. The van der Waals surface area contributed by atoms with Crippen molar-refractivity contribution in [3.63, 3.8) is 0 Å². The molecule has 146 valence electrons. The third-order valence-electron chi connectivity index (χ3n) is 5.70. The lowest BCUT2D eigenvalue weighted by Gasteiger charge is -2.29. The molecule has 3 amide bonds. The average Bonchev–Trinajstić information content (AvgIpc) is 3.22. The molecule has 1 unspecified atom stereocenters. The molecule has 8 nitrogen and oxygen atoms in total. The van der Waals surface area contributed by atoms with E-state index in [0.717, 1.165) is 16.8 Å². The number of aryl methyl sites for hydroxylation is 1. The van der Waals surface area contributed by atoms with Crippen molar-refractivity contribution in [3.05, 3.63) is 57.9 Å². The van der Waals surface area contributed by atoms with E-state index in [-0.39, 0.29) is 23.7 Å². The smallest absolute Gasteiger partial charge is 0.255 e. The number of pyridine rings is 1. The Kier molecular flexibility index (Phi) is 3.70. The van der Waals surface area contributed by atoms with Crippen LogP contribution in [0.2, 0.25) is 0 Å². The molecule has 29 heavy (non-hydrogen) atoms. The van der Waals surface area contributed by atoms with Crippen molar-refractivity contribution in [2.45, 2.75) is 25.4 Å². The molecule has 2 aliphatic heterocycles. The van der Waals surface area contributed by atoms with Crippen LogP contribution < -0.4 is 10.7 Å². The Morgan fingerprint density at radius 1 is 1.07 bits per heavy atom. The summed E-state index contributed by atoms with van der Waals surface area (Å²) in [5, 5.41) is 2.92. The van der Waals surface area contributed by atoms with Gasteiger partial charge in [0, 0.05) is 37.8 Å². The number of hydrogen-bond acceptors (Lipinski definition) is 4. The van der Waals surface area contributed by atoms with E-state index in [1.165, 1.54) is 4.90 Å². The lowest BCUT2D eigenvalue weighted by molar-refractivity contribution is -0.136. The summed E-state index contributed by atoms with van der Waals surface area (Å²) < 4.78 is 1.85. The average molecular weight is 390 g/mol. The second-order valence-electron chi connectivity index (χ2n) is 7.51. The third-order valence-corrected chi connectivity index (χ3v) is 5.70. The lowest BCUT2D eigenvalue weighted by Crippen LogP contribution is -2.52. The zero-order valence-corrected chi connectivity index (χ0v) is 15.7. The Labute approximate surface area is 165 Å². The molecule has 0 saturated carbocycles. The number of imide groups is 1. The van der Waals surface area contributed by atoms with Crippen LogP contribution in [0.1, 0.15) is 28.8 Å². The minimum atomic E-state index is -0.643. The molecule has 0 spiro atoms. The molecule has 2 N–H and O–H groups in total. The summed E-state index contributed by atoms with van der Waals surface area (Å²) in [4.78, 5) is 53.6. The zero-order valence-electron chi connectivity index (χ0n) is 15.7. The maximum atomic E-state index is 12.8. The van der Waals surface area contributed by atoms with Gasteiger partial charge < -0.3 is 14.5 Å². The van der Waals surface area contributed by atoms with E-state index in [1.54, 1.807) is 24.3 Å². The van der Waals surface area contributed by atoms with Gasteiger partial charge in [0.15, 0.2) is 5.43 Å². The van der Waals surface area contributed by atoms with Gasteiger partial charge in [0.05, 0.1) is 11.1 Å². The van der Waals surface area contributed by atoms with E-state index in [4.69, 9.17) is 0 Å². The summed E-state index contributed by atoms with van der Waals surface area (Å²) >= 11 is 0. The number of nitrogens with one attached hydrogen (secondary N) is 2. The summed E-state index contributed by atoms with van der Waals surface area (Å²) in [6.45, 7) is 0.297. The van der Waals surface area contributed by atoms with E-state index in [9.17, 15) is 19.2 Å². The minimum absolute atomic E-state index is 0.0731. The number of fused-ring (bicyclic) bond motifs is 2. The number of carbonyl (C=O) groups excluding carboxylic acids is 3. The number of aromatic nitrogens is 2. The van der Waals surface area contributed by atoms with Gasteiger partial charge in [0.25, 0.3) is 5.91 Å². The van der Waals surface area contributed by atoms with Crippen molar-refractivity contribution in [2.75, 3.05) is 0 Å². The Balaban J connectivity index is 1.50. The fraction of sp³-hybridized carbons (Fsp3) is 0.238. The van der Waals surface area contributed by atoms with Crippen LogP contribution in [-0.4, -0.2) is 38.2 Å². The zero-order chi connectivity index (χ0) is 20.3. The monoisotopic (exact) mass is 390 g/mol. The molecule has 5 rings (SSSR count). The van der Waals surface area contributed by atoms with E-state index >= 15 is 0 Å². The Bertz CT molecular complexity index is 1270. The first-order valence-corrected chi connectivity index (χ1v) is 9.38. The van der Waals surface area contributed by atoms with Crippen molar-refractivity contribution in [2.24, 2.45) is 7.05 Å². The van der Waals surface area contributed by atoms with E-state index in [2.05, 4.69) is 10.3 Å². The van der Waals surface area contributed by atoms with E-state index in [1.807, 2.05) is 23.9 Å². The van der Waals surface area contributed by atoms with Crippen LogP contribution in [0.15, 0.2) is 41.3 Å². The highest BCUT2D eigenvalue weighted by Crippen LogP contribution is 2.30. The molecule has 1 aromatic carbocycles. The molecule has 0 radical (unpaired) electrons. The molecule has 2 aromatic heterocycles. The summed E-state index contributed by atoms with van der Waals surface area (Å²) in [7, 11) is 1.86. The van der Waals surface area contributed by atoms with E-state index < -0.39 is 11.9 Å². The van der Waals surface area contributed by atoms with Crippen LogP contribution in [0.5, 0.6) is 0 Å². The highest BCUT2D eigenvalue weighted by Gasteiger charge is 2.39. The first-order chi connectivity index (χ1) is 13.9. The molecular formula is C21H18N4O4. The van der Waals surface area contributed by atoms with Crippen molar-refractivity contribution < 1.29 is 14.4 Å². The third kappa shape index (κ3) is 2.67. The van der Waals surface area contributed by atoms with Gasteiger partial charge in [-0.15, -0.1) is 0 Å². The number of nitrogens with zero attached hydrogens (tertiary/aromatic N) is 2. The van der Waals surface area contributed by atoms with Crippen molar-refractivity contribution in [3.8, 4) is 11.3 Å². The predicted octanol–water partition coefficient (Wildman–Crippen LogP) is 1.29. The minimum Gasteiger partial charge on any atom is -0.340 e. The fourth-order valence-electron chi connectivity index (χ4n) is 4.15. The van der Waals surface area contributed by atoms with Crippen molar-refractivity contribution in [1.29, 1.82) is 0 Å². The van der Waals surface area contributed by atoms with Gasteiger partial charge in [-0.2, -0.15) is 0 Å². The number of aromatic amines is 1. The van der Waals surface area contributed by atoms with Crippen LogP contribution in [0, 0.1) is 0 Å². The lowest BCUT2D eigenvalue weighted by atomic mass is 10.0. The highest BCUT2D eigenvalue weighted by molar-refractivity contribution is 6.05. The van der Waals surface area contributed by atoms with Gasteiger partial charge in [-0.3, -0.25) is 24.5 Å². The summed E-state index contributed by atoms with van der Waals surface area (Å²) in [5.41, 5.74) is 3.46. The maximum Gasteiger partial charge on any atom is 0.255 e. The van der Waals surface area contributed by atoms with Gasteiger partial charge in [0.1, 0.15) is 11.7 Å². The molecule has 1 fully saturated rings. The van der Waals surface area contributed by atoms with Crippen molar-refractivity contribution >= 4 is 28.8 Å². The number of amides is 3. The largest absolute Gasteiger partial charge is 0.340 e. The Hall–Kier alpha value is -3.68. The number of H-pyrrole nitrogens is 1. The molecular weight excluding hydrogens is 372 g/mol. The van der Waals surface area contributed by atoms with Gasteiger partial charge in [-0.1, -0.05) is 6.07 Å². The SMILES string of the molecule is Cn1ccc2c(=O)cc(-c3ccc4c(c3)CN(C3CCC(=O)NC3=O)C4=O)[nH]c21. The van der Waals surface area contributed by atoms with Gasteiger partial charge in [0.2, 0.25) is 11.8 Å². The quantitative estimate of drug-likeness (QED) is 0.644. The first-order valence-electron chi connectivity index (χ1n) is 9.38. The van der Waals surface area contributed by atoms with Crippen LogP contribution >= 0.6 is 0 Å². The van der Waals surface area contributed by atoms with Crippen LogP contribution in [-0.2, 0) is 23.2 Å². The molecule has 1 atom stereocenters. The molecule has 2 aliphatic rings. The fourth-order valence-corrected chi connectivity index (χ4v) is 4.15. The molecule has 1 saturated heterocycles. The van der Waals surface area contributed by atoms with Crippen LogP contribution in [0.4, 0.5) is 0 Å². The number of piperidine rings is 1. The predicted molar refractivity (Wildman–Crippen MR) is 105 cm³/mol. The van der Waals surface area contributed by atoms with Crippen LogP contribution in [0.25, 0.3) is 22.3 Å². The number of carbonyl (C=O) groups is 3. The van der Waals surface area contributed by atoms with Crippen LogP contribution in [0.3, 0.4) is 0 Å². The van der Waals surface area contributed by atoms with Crippen molar-refractivity contribution in [1.82, 2.24) is 19.8 Å². The molecule has 4 heterocycles. The standard InChI is InChI=1S/C21H18N4O4/c1-24-7-6-14-17(26)9-15(22-19(14)24)11-2-3-13-12(8-11)10-25(21(13)29)16-4-5-18(27)23-20(16)28/h2-3,6-9,16H,4-5,10H2,1H3,(H,22,26)(H,23,27,28). The maximum absolute atomic E-state index is 12.8. The van der Waals surface area contributed by atoms with Gasteiger partial charge >= 0.3 is 0 Å². The summed E-state index contributed by atoms with van der Waals surface area (Å²) in [5.74, 6) is -0.953. The highest BCUT2D eigenvalue weighted by atomic mass is 16.2. The second kappa shape index (κ2) is 6.16.